The number of hydrazone groups is 1. The smallest absolute Gasteiger partial charge is 0.270 e. The van der Waals surface area contributed by atoms with E-state index in [1.54, 1.807) is 4.90 Å². The van der Waals surface area contributed by atoms with E-state index in [1.807, 2.05) is 13.8 Å². The molecule has 0 saturated carbocycles. The number of rotatable bonds is 4. The molecule has 0 atom stereocenters. The van der Waals surface area contributed by atoms with E-state index in [9.17, 15) is 14.4 Å². The number of nitrogens with zero attached hydrogens (tertiary/aromatic N) is 2. The van der Waals surface area contributed by atoms with Crippen LogP contribution in [0.4, 0.5) is 0 Å². The number of amides is 3. The summed E-state index contributed by atoms with van der Waals surface area (Å²) in [6.45, 7) is 5.26. The van der Waals surface area contributed by atoms with E-state index in [2.05, 4.69) is 15.8 Å². The lowest BCUT2D eigenvalue weighted by Crippen LogP contribution is -2.49. The van der Waals surface area contributed by atoms with Crippen molar-refractivity contribution in [3.63, 3.8) is 0 Å². The largest absolute Gasteiger partial charge is 0.353 e. The summed E-state index contributed by atoms with van der Waals surface area (Å²) in [5, 5.41) is 6.87. The molecule has 7 nitrogen and oxygen atoms in total. The predicted octanol–water partition coefficient (Wildman–Crippen LogP) is 0.406. The Morgan fingerprint density at radius 2 is 2.00 bits per heavy atom. The molecule has 2 aliphatic heterocycles. The molecule has 0 bridgehead atoms. The highest BCUT2D eigenvalue weighted by atomic mass is 16.2. The minimum absolute atomic E-state index is 0.0825. The van der Waals surface area contributed by atoms with Gasteiger partial charge >= 0.3 is 0 Å². The summed E-state index contributed by atoms with van der Waals surface area (Å²) in [4.78, 5) is 36.9. The first-order chi connectivity index (χ1) is 10.5. The Balaban J connectivity index is 1.78. The maximum Gasteiger partial charge on any atom is 0.270 e. The molecule has 2 aliphatic rings. The molecule has 0 aromatic carbocycles. The molecule has 2 heterocycles. The summed E-state index contributed by atoms with van der Waals surface area (Å²) >= 11 is 0. The average molecular weight is 308 g/mol. The standard InChI is InChI=1S/C15H24N4O3/c1-10(2)9-14(21)16-11-5-7-19(8-6-11)15(22)12-3-4-13(20)18-17-12/h10-11H,3-9H2,1-2H3,(H,16,21)(H,18,20). The third-order valence-corrected chi connectivity index (χ3v) is 3.89. The normalized spacial score (nSPS) is 19.7. The van der Waals surface area contributed by atoms with Gasteiger partial charge in [-0.15, -0.1) is 0 Å². The Morgan fingerprint density at radius 3 is 2.55 bits per heavy atom. The molecule has 0 aromatic rings. The van der Waals surface area contributed by atoms with E-state index in [-0.39, 0.29) is 23.8 Å². The van der Waals surface area contributed by atoms with E-state index in [4.69, 9.17) is 0 Å². The summed E-state index contributed by atoms with van der Waals surface area (Å²) in [6, 6.07) is 0.142. The van der Waals surface area contributed by atoms with Crippen molar-refractivity contribution >= 4 is 23.4 Å². The van der Waals surface area contributed by atoms with Gasteiger partial charge in [0.25, 0.3) is 5.91 Å². The van der Waals surface area contributed by atoms with Crippen LogP contribution in [0.25, 0.3) is 0 Å². The van der Waals surface area contributed by atoms with E-state index < -0.39 is 0 Å². The van der Waals surface area contributed by atoms with Crippen molar-refractivity contribution in [3.8, 4) is 0 Å². The molecular formula is C15H24N4O3. The molecule has 2 rings (SSSR count). The van der Waals surface area contributed by atoms with Crippen molar-refractivity contribution in [1.29, 1.82) is 0 Å². The van der Waals surface area contributed by atoms with Gasteiger partial charge in [-0.3, -0.25) is 14.4 Å². The Bertz CT molecular complexity index is 479. The van der Waals surface area contributed by atoms with E-state index in [1.165, 1.54) is 0 Å². The summed E-state index contributed by atoms with van der Waals surface area (Å²) in [6.07, 6.45) is 2.77. The second-order valence-corrected chi connectivity index (χ2v) is 6.33. The van der Waals surface area contributed by atoms with Crippen LogP contribution in [-0.2, 0) is 14.4 Å². The average Bonchev–Trinajstić information content (AvgIpc) is 2.47. The topological polar surface area (TPSA) is 90.9 Å². The molecule has 22 heavy (non-hydrogen) atoms. The highest BCUT2D eigenvalue weighted by Crippen LogP contribution is 2.13. The van der Waals surface area contributed by atoms with Gasteiger partial charge in [-0.1, -0.05) is 13.8 Å². The van der Waals surface area contributed by atoms with Gasteiger partial charge in [0.15, 0.2) is 0 Å². The van der Waals surface area contributed by atoms with Crippen LogP contribution in [0.15, 0.2) is 5.10 Å². The van der Waals surface area contributed by atoms with E-state index in [0.29, 0.717) is 44.0 Å². The lowest BCUT2D eigenvalue weighted by atomic mass is 10.0. The van der Waals surface area contributed by atoms with Crippen molar-refractivity contribution < 1.29 is 14.4 Å². The summed E-state index contributed by atoms with van der Waals surface area (Å²) in [5.41, 5.74) is 2.77. The molecule has 0 unspecified atom stereocenters. The zero-order valence-electron chi connectivity index (χ0n) is 13.2. The molecule has 0 spiro atoms. The first-order valence-electron chi connectivity index (χ1n) is 7.89. The highest BCUT2D eigenvalue weighted by molar-refractivity contribution is 6.39. The van der Waals surface area contributed by atoms with Gasteiger partial charge in [0.1, 0.15) is 5.71 Å². The SMILES string of the molecule is CC(C)CC(=O)NC1CCN(C(=O)C2=NNC(=O)CC2)CC1. The summed E-state index contributed by atoms with van der Waals surface area (Å²) < 4.78 is 0. The number of likely N-dealkylation sites (tertiary alicyclic amines) is 1. The van der Waals surface area contributed by atoms with Crippen molar-refractivity contribution in [2.24, 2.45) is 11.0 Å². The zero-order valence-corrected chi connectivity index (χ0v) is 13.2. The molecule has 1 fully saturated rings. The van der Waals surface area contributed by atoms with Crippen LogP contribution < -0.4 is 10.7 Å². The lowest BCUT2D eigenvalue weighted by molar-refractivity contribution is -0.126. The number of hydrogen-bond donors (Lipinski definition) is 2. The summed E-state index contributed by atoms with van der Waals surface area (Å²) in [7, 11) is 0. The van der Waals surface area contributed by atoms with Crippen molar-refractivity contribution in [2.45, 2.75) is 52.0 Å². The van der Waals surface area contributed by atoms with Gasteiger partial charge in [0, 0.05) is 38.4 Å². The van der Waals surface area contributed by atoms with Gasteiger partial charge in [0.2, 0.25) is 11.8 Å². The lowest BCUT2D eigenvalue weighted by Gasteiger charge is -2.33. The molecule has 0 aliphatic carbocycles. The first kappa shape index (κ1) is 16.5. The van der Waals surface area contributed by atoms with Gasteiger partial charge in [-0.25, -0.2) is 5.43 Å². The Morgan fingerprint density at radius 1 is 1.32 bits per heavy atom. The monoisotopic (exact) mass is 308 g/mol. The van der Waals surface area contributed by atoms with Crippen LogP contribution in [0, 0.1) is 5.92 Å². The van der Waals surface area contributed by atoms with Crippen LogP contribution in [-0.4, -0.2) is 47.5 Å². The molecule has 3 amide bonds. The van der Waals surface area contributed by atoms with Crippen molar-refractivity contribution in [1.82, 2.24) is 15.6 Å². The third kappa shape index (κ3) is 4.54. The van der Waals surface area contributed by atoms with Gasteiger partial charge in [-0.2, -0.15) is 5.10 Å². The fraction of sp³-hybridized carbons (Fsp3) is 0.733. The molecular weight excluding hydrogens is 284 g/mol. The Labute approximate surface area is 130 Å². The van der Waals surface area contributed by atoms with Gasteiger partial charge in [-0.05, 0) is 18.8 Å². The number of carbonyl (C=O) groups is 3. The quantitative estimate of drug-likeness (QED) is 0.788. The zero-order chi connectivity index (χ0) is 16.1. The van der Waals surface area contributed by atoms with E-state index in [0.717, 1.165) is 12.8 Å². The van der Waals surface area contributed by atoms with Crippen LogP contribution in [0.5, 0.6) is 0 Å². The van der Waals surface area contributed by atoms with Crippen LogP contribution in [0.2, 0.25) is 0 Å². The van der Waals surface area contributed by atoms with Crippen LogP contribution >= 0.6 is 0 Å². The number of piperidine rings is 1. The third-order valence-electron chi connectivity index (χ3n) is 3.89. The molecule has 2 N–H and O–H groups in total. The Kier molecular flexibility index (Phi) is 5.51. The fourth-order valence-corrected chi connectivity index (χ4v) is 2.70. The first-order valence-corrected chi connectivity index (χ1v) is 7.89. The van der Waals surface area contributed by atoms with Crippen molar-refractivity contribution in [3.05, 3.63) is 0 Å². The maximum atomic E-state index is 12.3. The Hall–Kier alpha value is -1.92. The fourth-order valence-electron chi connectivity index (χ4n) is 2.70. The van der Waals surface area contributed by atoms with Gasteiger partial charge in [0.05, 0.1) is 0 Å². The van der Waals surface area contributed by atoms with Crippen molar-refractivity contribution in [2.75, 3.05) is 13.1 Å². The van der Waals surface area contributed by atoms with Crippen LogP contribution in [0.3, 0.4) is 0 Å². The molecule has 0 radical (unpaired) electrons. The second kappa shape index (κ2) is 7.38. The van der Waals surface area contributed by atoms with Crippen LogP contribution in [0.1, 0.15) is 46.0 Å². The minimum atomic E-state index is -0.150. The highest BCUT2D eigenvalue weighted by Gasteiger charge is 2.28. The number of nitrogens with one attached hydrogen (secondary N) is 2. The molecule has 1 saturated heterocycles. The second-order valence-electron chi connectivity index (χ2n) is 6.33. The maximum absolute atomic E-state index is 12.3. The molecule has 122 valence electrons. The molecule has 0 aromatic heterocycles. The number of hydrogen-bond acceptors (Lipinski definition) is 4. The molecule has 7 heteroatoms. The minimum Gasteiger partial charge on any atom is -0.353 e. The van der Waals surface area contributed by atoms with E-state index >= 15 is 0 Å². The summed E-state index contributed by atoms with van der Waals surface area (Å²) in [5.74, 6) is 0.176. The van der Waals surface area contributed by atoms with Gasteiger partial charge < -0.3 is 10.2 Å². The predicted molar refractivity (Wildman–Crippen MR) is 82.0 cm³/mol. The number of carbonyl (C=O) groups excluding carboxylic acids is 3.